The molecule has 0 aromatic rings. The molecule has 2 unspecified atom stereocenters. The smallest absolute Gasteiger partial charge is 0.149 e. The summed E-state index contributed by atoms with van der Waals surface area (Å²) in [5.41, 5.74) is 0. The first kappa shape index (κ1) is 10.2. The SMILES string of the molecule is CC1CCCCCN1C1CCCC1=O. The van der Waals surface area contributed by atoms with Crippen molar-refractivity contribution in [2.24, 2.45) is 0 Å². The van der Waals surface area contributed by atoms with E-state index in [1.165, 1.54) is 25.7 Å². The molecule has 2 atom stereocenters. The van der Waals surface area contributed by atoms with Gasteiger partial charge < -0.3 is 0 Å². The lowest BCUT2D eigenvalue weighted by Gasteiger charge is -2.31. The van der Waals surface area contributed by atoms with Crippen LogP contribution in [0, 0.1) is 0 Å². The Balaban J connectivity index is 2.02. The summed E-state index contributed by atoms with van der Waals surface area (Å²) in [4.78, 5) is 14.2. The predicted octanol–water partition coefficient (Wildman–Crippen LogP) is 2.37. The maximum atomic E-state index is 11.7. The molecule has 0 N–H and O–H groups in total. The van der Waals surface area contributed by atoms with Gasteiger partial charge in [0.2, 0.25) is 0 Å². The number of nitrogens with zero attached hydrogens (tertiary/aromatic N) is 1. The molecule has 2 fully saturated rings. The van der Waals surface area contributed by atoms with Crippen molar-refractivity contribution in [2.75, 3.05) is 6.54 Å². The number of carbonyl (C=O) groups excluding carboxylic acids is 1. The highest BCUT2D eigenvalue weighted by molar-refractivity contribution is 5.85. The van der Waals surface area contributed by atoms with Crippen molar-refractivity contribution in [1.29, 1.82) is 0 Å². The lowest BCUT2D eigenvalue weighted by molar-refractivity contribution is -0.122. The first-order valence-corrected chi connectivity index (χ1v) is 6.07. The third-order valence-corrected chi connectivity index (χ3v) is 3.78. The van der Waals surface area contributed by atoms with Crippen LogP contribution in [-0.4, -0.2) is 29.3 Å². The Morgan fingerprint density at radius 2 is 2.00 bits per heavy atom. The van der Waals surface area contributed by atoms with Gasteiger partial charge in [-0.25, -0.2) is 0 Å². The van der Waals surface area contributed by atoms with E-state index in [2.05, 4.69) is 11.8 Å². The van der Waals surface area contributed by atoms with E-state index in [0.29, 0.717) is 11.8 Å². The number of Topliss-reactive ketones (excluding diaryl/α,β-unsaturated/α-hetero) is 1. The van der Waals surface area contributed by atoms with E-state index in [0.717, 1.165) is 25.8 Å². The Hall–Kier alpha value is -0.370. The topological polar surface area (TPSA) is 20.3 Å². The van der Waals surface area contributed by atoms with E-state index >= 15 is 0 Å². The summed E-state index contributed by atoms with van der Waals surface area (Å²) < 4.78 is 0. The van der Waals surface area contributed by atoms with Gasteiger partial charge in [0.25, 0.3) is 0 Å². The molecule has 0 radical (unpaired) electrons. The number of hydrogen-bond acceptors (Lipinski definition) is 2. The van der Waals surface area contributed by atoms with Crippen LogP contribution in [-0.2, 0) is 4.79 Å². The van der Waals surface area contributed by atoms with E-state index < -0.39 is 0 Å². The van der Waals surface area contributed by atoms with Gasteiger partial charge in [0.05, 0.1) is 6.04 Å². The van der Waals surface area contributed by atoms with E-state index in [1.807, 2.05) is 0 Å². The molecule has 1 aliphatic carbocycles. The van der Waals surface area contributed by atoms with Gasteiger partial charge >= 0.3 is 0 Å². The normalized spacial score (nSPS) is 35.9. The molecule has 1 saturated heterocycles. The van der Waals surface area contributed by atoms with Crippen molar-refractivity contribution in [2.45, 2.75) is 64.0 Å². The van der Waals surface area contributed by atoms with Crippen molar-refractivity contribution in [3.8, 4) is 0 Å². The van der Waals surface area contributed by atoms with Crippen LogP contribution in [0.4, 0.5) is 0 Å². The molecule has 2 aliphatic rings. The summed E-state index contributed by atoms with van der Waals surface area (Å²) >= 11 is 0. The van der Waals surface area contributed by atoms with Crippen LogP contribution >= 0.6 is 0 Å². The summed E-state index contributed by atoms with van der Waals surface area (Å²) in [6.07, 6.45) is 8.32. The molecule has 2 nitrogen and oxygen atoms in total. The number of rotatable bonds is 1. The first-order valence-electron chi connectivity index (χ1n) is 6.07. The first-order chi connectivity index (χ1) is 6.79. The van der Waals surface area contributed by atoms with Crippen LogP contribution in [0.3, 0.4) is 0 Å². The van der Waals surface area contributed by atoms with Crippen molar-refractivity contribution >= 4 is 5.78 Å². The predicted molar refractivity (Wildman–Crippen MR) is 57.3 cm³/mol. The quantitative estimate of drug-likeness (QED) is 0.640. The Bertz CT molecular complexity index is 214. The monoisotopic (exact) mass is 195 g/mol. The van der Waals surface area contributed by atoms with E-state index in [9.17, 15) is 4.79 Å². The van der Waals surface area contributed by atoms with Gasteiger partial charge in [-0.3, -0.25) is 9.69 Å². The van der Waals surface area contributed by atoms with Crippen LogP contribution in [0.1, 0.15) is 51.9 Å². The van der Waals surface area contributed by atoms with Gasteiger partial charge in [-0.05, 0) is 39.2 Å². The summed E-state index contributed by atoms with van der Waals surface area (Å²) in [6.45, 7) is 3.44. The molecule has 1 heterocycles. The fraction of sp³-hybridized carbons (Fsp3) is 0.917. The van der Waals surface area contributed by atoms with Gasteiger partial charge in [0.15, 0.2) is 0 Å². The van der Waals surface area contributed by atoms with Gasteiger partial charge in [0.1, 0.15) is 5.78 Å². The van der Waals surface area contributed by atoms with Gasteiger partial charge in [-0.1, -0.05) is 12.8 Å². The average Bonchev–Trinajstić information content (AvgIpc) is 2.46. The van der Waals surface area contributed by atoms with Crippen LogP contribution < -0.4 is 0 Å². The summed E-state index contributed by atoms with van der Waals surface area (Å²) in [7, 11) is 0. The molecule has 0 spiro atoms. The zero-order chi connectivity index (χ0) is 9.97. The molecule has 0 aromatic heterocycles. The molecular weight excluding hydrogens is 174 g/mol. The third-order valence-electron chi connectivity index (χ3n) is 3.78. The number of likely N-dealkylation sites (tertiary alicyclic amines) is 1. The zero-order valence-corrected chi connectivity index (χ0v) is 9.17. The standard InChI is InChI=1S/C12H21NO/c1-10-6-3-2-4-9-13(10)11-7-5-8-12(11)14/h10-11H,2-9H2,1H3. The van der Waals surface area contributed by atoms with Crippen molar-refractivity contribution in [3.05, 3.63) is 0 Å². The molecule has 1 saturated carbocycles. The third kappa shape index (κ3) is 2.00. The van der Waals surface area contributed by atoms with Crippen LogP contribution in [0.25, 0.3) is 0 Å². The molecule has 0 bridgehead atoms. The number of carbonyl (C=O) groups is 1. The zero-order valence-electron chi connectivity index (χ0n) is 9.17. The fourth-order valence-corrected chi connectivity index (χ4v) is 2.91. The maximum Gasteiger partial charge on any atom is 0.149 e. The van der Waals surface area contributed by atoms with E-state index in [-0.39, 0.29) is 6.04 Å². The second kappa shape index (κ2) is 4.43. The lowest BCUT2D eigenvalue weighted by Crippen LogP contribution is -2.43. The molecule has 2 heteroatoms. The summed E-state index contributed by atoms with van der Waals surface area (Å²) in [6, 6.07) is 0.910. The molecule has 0 amide bonds. The highest BCUT2D eigenvalue weighted by Crippen LogP contribution is 2.26. The second-order valence-electron chi connectivity index (χ2n) is 4.81. The Kier molecular flexibility index (Phi) is 3.22. The van der Waals surface area contributed by atoms with E-state index in [1.54, 1.807) is 0 Å². The lowest BCUT2D eigenvalue weighted by atomic mass is 10.1. The van der Waals surface area contributed by atoms with Crippen molar-refractivity contribution in [3.63, 3.8) is 0 Å². The average molecular weight is 195 g/mol. The number of hydrogen-bond donors (Lipinski definition) is 0. The van der Waals surface area contributed by atoms with Crippen LogP contribution in [0.15, 0.2) is 0 Å². The van der Waals surface area contributed by atoms with Crippen molar-refractivity contribution in [1.82, 2.24) is 4.90 Å². The molecule has 80 valence electrons. The maximum absolute atomic E-state index is 11.7. The largest absolute Gasteiger partial charge is 0.298 e. The Morgan fingerprint density at radius 1 is 1.14 bits per heavy atom. The summed E-state index contributed by atoms with van der Waals surface area (Å²) in [5.74, 6) is 0.499. The molecule has 1 aliphatic heterocycles. The Morgan fingerprint density at radius 3 is 2.71 bits per heavy atom. The van der Waals surface area contributed by atoms with Crippen LogP contribution in [0.2, 0.25) is 0 Å². The van der Waals surface area contributed by atoms with E-state index in [4.69, 9.17) is 0 Å². The molecule has 14 heavy (non-hydrogen) atoms. The fourth-order valence-electron chi connectivity index (χ4n) is 2.91. The molecule has 2 rings (SSSR count). The molecular formula is C12H21NO. The van der Waals surface area contributed by atoms with Crippen molar-refractivity contribution < 1.29 is 4.79 Å². The minimum atomic E-state index is 0.281. The molecule has 0 aromatic carbocycles. The summed E-state index contributed by atoms with van der Waals surface area (Å²) in [5, 5.41) is 0. The Labute approximate surface area is 86.7 Å². The number of ketones is 1. The minimum absolute atomic E-state index is 0.281. The second-order valence-corrected chi connectivity index (χ2v) is 4.81. The van der Waals surface area contributed by atoms with Gasteiger partial charge in [-0.15, -0.1) is 0 Å². The minimum Gasteiger partial charge on any atom is -0.298 e. The highest BCUT2D eigenvalue weighted by Gasteiger charge is 2.32. The highest BCUT2D eigenvalue weighted by atomic mass is 16.1. The van der Waals surface area contributed by atoms with Crippen LogP contribution in [0.5, 0.6) is 0 Å². The van der Waals surface area contributed by atoms with Gasteiger partial charge in [-0.2, -0.15) is 0 Å². The van der Waals surface area contributed by atoms with Gasteiger partial charge in [0, 0.05) is 12.5 Å².